The second kappa shape index (κ2) is 11.8. The molecule has 180 valence electrons. The number of hydrogen-bond donors (Lipinski definition) is 2. The predicted molar refractivity (Wildman–Crippen MR) is 133 cm³/mol. The number of nitrogen functional groups attached to an aromatic ring is 1. The Labute approximate surface area is 195 Å². The van der Waals surface area contributed by atoms with E-state index in [0.717, 1.165) is 45.2 Å². The van der Waals surface area contributed by atoms with Crippen LogP contribution in [0.3, 0.4) is 0 Å². The minimum absolute atomic E-state index is 0.0663. The molecule has 0 aliphatic carbocycles. The highest BCUT2D eigenvalue weighted by Gasteiger charge is 2.27. The number of hydrogen-bond acceptors (Lipinski definition) is 5. The maximum absolute atomic E-state index is 13.3. The van der Waals surface area contributed by atoms with Crippen molar-refractivity contribution in [2.24, 2.45) is 5.92 Å². The lowest BCUT2D eigenvalue weighted by molar-refractivity contribution is -0.120. The molecule has 1 aliphatic heterocycles. The number of rotatable bonds is 10. The SMILES string of the molecule is CCCCN(C(=O)CN1CCC(Cc2ccccc2)CC1)c1c(N)n(CCC)c(=O)[nH]c1=O. The molecule has 1 amide bonds. The molecule has 0 radical (unpaired) electrons. The Morgan fingerprint density at radius 1 is 1.12 bits per heavy atom. The van der Waals surface area contributed by atoms with Crippen LogP contribution in [0.15, 0.2) is 39.9 Å². The van der Waals surface area contributed by atoms with Crippen LogP contribution in [0, 0.1) is 5.92 Å². The second-order valence-electron chi connectivity index (χ2n) is 8.95. The normalized spacial score (nSPS) is 15.0. The van der Waals surface area contributed by atoms with E-state index in [1.54, 1.807) is 0 Å². The van der Waals surface area contributed by atoms with Crippen LogP contribution in [0.4, 0.5) is 11.5 Å². The van der Waals surface area contributed by atoms with Gasteiger partial charge in [-0.05, 0) is 56.7 Å². The summed E-state index contributed by atoms with van der Waals surface area (Å²) < 4.78 is 1.35. The monoisotopic (exact) mass is 455 g/mol. The molecule has 1 aliphatic rings. The minimum atomic E-state index is -0.601. The molecule has 8 nitrogen and oxygen atoms in total. The van der Waals surface area contributed by atoms with Crippen molar-refractivity contribution in [3.63, 3.8) is 0 Å². The molecule has 0 saturated carbocycles. The third-order valence-electron chi connectivity index (χ3n) is 6.40. The number of carbonyl (C=O) groups excluding carboxylic acids is 1. The van der Waals surface area contributed by atoms with E-state index in [2.05, 4.69) is 34.1 Å². The van der Waals surface area contributed by atoms with Crippen molar-refractivity contribution in [2.45, 2.75) is 58.9 Å². The summed E-state index contributed by atoms with van der Waals surface area (Å²) in [6.07, 6.45) is 5.47. The molecule has 2 aromatic rings. The smallest absolute Gasteiger partial charge is 0.330 e. The van der Waals surface area contributed by atoms with Crippen LogP contribution in [0.1, 0.15) is 51.5 Å². The topological polar surface area (TPSA) is 104 Å². The molecule has 1 aromatic carbocycles. The second-order valence-corrected chi connectivity index (χ2v) is 8.95. The van der Waals surface area contributed by atoms with Crippen LogP contribution in [0.25, 0.3) is 0 Å². The average molecular weight is 456 g/mol. The molecule has 0 bridgehead atoms. The van der Waals surface area contributed by atoms with Crippen LogP contribution in [0.5, 0.6) is 0 Å². The third kappa shape index (κ3) is 6.35. The number of aromatic nitrogens is 2. The number of unbranched alkanes of at least 4 members (excludes halogenated alkanes) is 1. The summed E-state index contributed by atoms with van der Waals surface area (Å²) in [7, 11) is 0. The molecule has 0 spiro atoms. The zero-order valence-electron chi connectivity index (χ0n) is 19.9. The molecular formula is C25H37N5O3. The first-order chi connectivity index (χ1) is 15.9. The summed E-state index contributed by atoms with van der Waals surface area (Å²) in [6, 6.07) is 10.5. The van der Waals surface area contributed by atoms with Crippen LogP contribution >= 0.6 is 0 Å². The predicted octanol–water partition coefficient (Wildman–Crippen LogP) is 2.62. The Morgan fingerprint density at radius 2 is 1.82 bits per heavy atom. The molecular weight excluding hydrogens is 418 g/mol. The largest absolute Gasteiger partial charge is 0.383 e. The van der Waals surface area contributed by atoms with Gasteiger partial charge in [0.05, 0.1) is 6.54 Å². The summed E-state index contributed by atoms with van der Waals surface area (Å²) in [5.74, 6) is 0.534. The highest BCUT2D eigenvalue weighted by molar-refractivity contribution is 5.96. The molecule has 33 heavy (non-hydrogen) atoms. The Bertz CT molecular complexity index is 1020. The fourth-order valence-corrected chi connectivity index (χ4v) is 4.53. The summed E-state index contributed by atoms with van der Waals surface area (Å²) in [6.45, 7) is 6.70. The van der Waals surface area contributed by atoms with Crippen molar-refractivity contribution in [3.05, 3.63) is 56.7 Å². The molecule has 0 unspecified atom stereocenters. The highest BCUT2D eigenvalue weighted by Crippen LogP contribution is 2.23. The fourth-order valence-electron chi connectivity index (χ4n) is 4.53. The summed E-state index contributed by atoms with van der Waals surface area (Å²) in [4.78, 5) is 44.2. The Kier molecular flexibility index (Phi) is 8.88. The van der Waals surface area contributed by atoms with Gasteiger partial charge in [-0.1, -0.05) is 50.6 Å². The molecule has 1 aromatic heterocycles. The number of carbonyl (C=O) groups is 1. The van der Waals surface area contributed by atoms with E-state index < -0.39 is 11.2 Å². The Hall–Kier alpha value is -2.87. The van der Waals surface area contributed by atoms with Crippen molar-refractivity contribution < 1.29 is 4.79 Å². The first kappa shape index (κ1) is 24.8. The van der Waals surface area contributed by atoms with E-state index >= 15 is 0 Å². The molecule has 3 N–H and O–H groups in total. The quantitative estimate of drug-likeness (QED) is 0.573. The molecule has 3 rings (SSSR count). The summed E-state index contributed by atoms with van der Waals surface area (Å²) >= 11 is 0. The van der Waals surface area contributed by atoms with Gasteiger partial charge in [-0.25, -0.2) is 4.79 Å². The zero-order valence-corrected chi connectivity index (χ0v) is 19.9. The van der Waals surface area contributed by atoms with Crippen molar-refractivity contribution in [1.82, 2.24) is 14.5 Å². The molecule has 1 fully saturated rings. The van der Waals surface area contributed by atoms with Gasteiger partial charge in [-0.2, -0.15) is 0 Å². The van der Waals surface area contributed by atoms with E-state index in [-0.39, 0.29) is 24.0 Å². The van der Waals surface area contributed by atoms with Gasteiger partial charge >= 0.3 is 5.69 Å². The van der Waals surface area contributed by atoms with Crippen LogP contribution in [0.2, 0.25) is 0 Å². The number of nitrogens with two attached hydrogens (primary N) is 1. The minimum Gasteiger partial charge on any atom is -0.383 e. The van der Waals surface area contributed by atoms with Crippen molar-refractivity contribution in [2.75, 3.05) is 36.8 Å². The van der Waals surface area contributed by atoms with E-state index in [1.165, 1.54) is 15.0 Å². The maximum Gasteiger partial charge on any atom is 0.330 e. The highest BCUT2D eigenvalue weighted by atomic mass is 16.2. The number of benzene rings is 1. The van der Waals surface area contributed by atoms with E-state index in [9.17, 15) is 14.4 Å². The van der Waals surface area contributed by atoms with Crippen LogP contribution in [-0.4, -0.2) is 46.5 Å². The number of nitrogens with one attached hydrogen (secondary N) is 1. The van der Waals surface area contributed by atoms with E-state index in [0.29, 0.717) is 25.4 Å². The van der Waals surface area contributed by atoms with Gasteiger partial charge in [-0.3, -0.25) is 24.0 Å². The summed E-state index contributed by atoms with van der Waals surface area (Å²) in [5.41, 5.74) is 6.56. The Morgan fingerprint density at radius 3 is 2.45 bits per heavy atom. The first-order valence-electron chi connectivity index (χ1n) is 12.1. The number of likely N-dealkylation sites (tertiary alicyclic amines) is 1. The number of amides is 1. The zero-order chi connectivity index (χ0) is 23.8. The number of aromatic amines is 1. The van der Waals surface area contributed by atoms with Gasteiger partial charge in [0.1, 0.15) is 5.82 Å². The molecule has 2 heterocycles. The molecule has 1 saturated heterocycles. The van der Waals surface area contributed by atoms with Crippen molar-refractivity contribution in [1.29, 1.82) is 0 Å². The average Bonchev–Trinajstić information content (AvgIpc) is 2.80. The van der Waals surface area contributed by atoms with Gasteiger partial charge in [0.15, 0.2) is 5.69 Å². The van der Waals surface area contributed by atoms with E-state index in [4.69, 9.17) is 5.73 Å². The van der Waals surface area contributed by atoms with Gasteiger partial charge in [0.25, 0.3) is 5.56 Å². The summed E-state index contributed by atoms with van der Waals surface area (Å²) in [5, 5.41) is 0. The Balaban J connectivity index is 1.70. The van der Waals surface area contributed by atoms with Crippen LogP contribution in [-0.2, 0) is 17.8 Å². The van der Waals surface area contributed by atoms with Crippen molar-refractivity contribution >= 4 is 17.4 Å². The lowest BCUT2D eigenvalue weighted by atomic mass is 9.90. The molecule has 8 heteroatoms. The number of piperidine rings is 1. The third-order valence-corrected chi connectivity index (χ3v) is 6.40. The van der Waals surface area contributed by atoms with Gasteiger partial charge in [0, 0.05) is 13.1 Å². The maximum atomic E-state index is 13.3. The van der Waals surface area contributed by atoms with Gasteiger partial charge in [-0.15, -0.1) is 0 Å². The lowest BCUT2D eigenvalue weighted by Gasteiger charge is -2.33. The van der Waals surface area contributed by atoms with E-state index in [1.807, 2.05) is 19.9 Å². The molecule has 0 atom stereocenters. The lowest BCUT2D eigenvalue weighted by Crippen LogP contribution is -2.47. The standard InChI is InChI=1S/C25H37N5O3/c1-3-5-14-29(22-23(26)30(13-4-2)25(33)27-24(22)32)21(31)18-28-15-11-20(12-16-28)17-19-9-7-6-8-10-19/h6-10,20H,3-5,11-18,26H2,1-2H3,(H,27,32,33). The van der Waals surface area contributed by atoms with Gasteiger partial charge in [0.2, 0.25) is 5.91 Å². The van der Waals surface area contributed by atoms with Crippen LogP contribution < -0.4 is 21.9 Å². The number of nitrogens with zero attached hydrogens (tertiary/aromatic N) is 3. The fraction of sp³-hybridized carbons (Fsp3) is 0.560. The number of anilines is 2. The number of H-pyrrole nitrogens is 1. The van der Waals surface area contributed by atoms with Crippen molar-refractivity contribution in [3.8, 4) is 0 Å². The van der Waals surface area contributed by atoms with Gasteiger partial charge < -0.3 is 10.6 Å². The first-order valence-corrected chi connectivity index (χ1v) is 12.1.